The zero-order valence-corrected chi connectivity index (χ0v) is 11.9. The molecule has 0 saturated carbocycles. The number of nitrogens with zero attached hydrogens (tertiary/aromatic N) is 1. The van der Waals surface area contributed by atoms with Crippen LogP contribution in [-0.2, 0) is 9.63 Å². The van der Waals surface area contributed by atoms with Gasteiger partial charge in [0.05, 0.1) is 20.4 Å². The molecular formula is C14H18N2O5. The van der Waals surface area contributed by atoms with Crippen LogP contribution in [0.25, 0.3) is 0 Å². The predicted molar refractivity (Wildman–Crippen MR) is 76.1 cm³/mol. The number of nitrogens with one attached hydrogen (secondary N) is 1. The molecule has 0 radical (unpaired) electrons. The Labute approximate surface area is 122 Å². The number of carboxylic acids is 1. The van der Waals surface area contributed by atoms with Gasteiger partial charge >= 0.3 is 5.97 Å². The van der Waals surface area contributed by atoms with Crippen LogP contribution >= 0.6 is 0 Å². The standard InChI is InChI=1S/C14H18N2O5/c1-19-12-4-3-9(5-13(12)20-2)7-16-21-10-6-11(14(17)18)15-8-10/h3-5,7,10-11,15H,6,8H2,1-2H3,(H,17,18)/b16-7+/t10-,11+/m1/s1. The molecule has 7 nitrogen and oxygen atoms in total. The number of carboxylic acid groups (broad SMARTS) is 1. The molecule has 0 bridgehead atoms. The Kier molecular flexibility index (Phi) is 4.99. The van der Waals surface area contributed by atoms with Crippen molar-refractivity contribution in [3.8, 4) is 11.5 Å². The maximum Gasteiger partial charge on any atom is 0.320 e. The number of carbonyl (C=O) groups is 1. The molecule has 2 rings (SSSR count). The molecular weight excluding hydrogens is 276 g/mol. The van der Waals surface area contributed by atoms with Gasteiger partial charge in [0.25, 0.3) is 0 Å². The summed E-state index contributed by atoms with van der Waals surface area (Å²) in [6.07, 6.45) is 1.72. The van der Waals surface area contributed by atoms with Crippen LogP contribution in [-0.4, -0.2) is 50.2 Å². The van der Waals surface area contributed by atoms with Crippen LogP contribution in [0, 0.1) is 0 Å². The Morgan fingerprint density at radius 1 is 1.38 bits per heavy atom. The number of ether oxygens (including phenoxy) is 2. The second kappa shape index (κ2) is 6.94. The molecule has 1 heterocycles. The summed E-state index contributed by atoms with van der Waals surface area (Å²) >= 11 is 0. The highest BCUT2D eigenvalue weighted by Crippen LogP contribution is 2.26. The van der Waals surface area contributed by atoms with Gasteiger partial charge in [-0.3, -0.25) is 4.79 Å². The highest BCUT2D eigenvalue weighted by molar-refractivity contribution is 5.80. The first-order chi connectivity index (χ1) is 10.1. The molecule has 2 atom stereocenters. The summed E-state index contributed by atoms with van der Waals surface area (Å²) in [6, 6.07) is 4.81. The number of methoxy groups -OCH3 is 2. The van der Waals surface area contributed by atoms with Gasteiger partial charge in [0, 0.05) is 18.5 Å². The molecule has 1 fully saturated rings. The van der Waals surface area contributed by atoms with Crippen molar-refractivity contribution in [1.82, 2.24) is 5.32 Å². The monoisotopic (exact) mass is 294 g/mol. The molecule has 1 aliphatic rings. The van der Waals surface area contributed by atoms with Gasteiger partial charge in [-0.25, -0.2) is 0 Å². The number of hydrogen-bond donors (Lipinski definition) is 2. The molecule has 0 aromatic heterocycles. The molecule has 21 heavy (non-hydrogen) atoms. The minimum Gasteiger partial charge on any atom is -0.493 e. The van der Waals surface area contributed by atoms with Gasteiger partial charge in [-0.1, -0.05) is 5.16 Å². The van der Waals surface area contributed by atoms with E-state index in [0.717, 1.165) is 5.56 Å². The summed E-state index contributed by atoms with van der Waals surface area (Å²) in [5.74, 6) is 0.375. The van der Waals surface area contributed by atoms with Crippen LogP contribution in [0.1, 0.15) is 12.0 Å². The van der Waals surface area contributed by atoms with Crippen molar-refractivity contribution >= 4 is 12.2 Å². The molecule has 1 aromatic rings. The summed E-state index contributed by atoms with van der Waals surface area (Å²) in [5.41, 5.74) is 0.799. The average Bonchev–Trinajstić information content (AvgIpc) is 2.96. The fourth-order valence-electron chi connectivity index (χ4n) is 2.08. The number of rotatable bonds is 6. The minimum atomic E-state index is -0.870. The topological polar surface area (TPSA) is 89.4 Å². The van der Waals surface area contributed by atoms with Gasteiger partial charge in [0.1, 0.15) is 12.1 Å². The van der Waals surface area contributed by atoms with E-state index in [2.05, 4.69) is 10.5 Å². The first kappa shape index (κ1) is 15.1. The third-order valence-electron chi connectivity index (χ3n) is 3.21. The van der Waals surface area contributed by atoms with Gasteiger partial charge in [-0.2, -0.15) is 0 Å². The van der Waals surface area contributed by atoms with E-state index in [0.29, 0.717) is 24.5 Å². The molecule has 1 aromatic carbocycles. The van der Waals surface area contributed by atoms with E-state index in [4.69, 9.17) is 19.4 Å². The van der Waals surface area contributed by atoms with Gasteiger partial charge in [0.2, 0.25) is 0 Å². The van der Waals surface area contributed by atoms with Crippen LogP contribution in [0.5, 0.6) is 11.5 Å². The summed E-state index contributed by atoms with van der Waals surface area (Å²) < 4.78 is 10.3. The van der Waals surface area contributed by atoms with Crippen LogP contribution < -0.4 is 14.8 Å². The molecule has 0 aliphatic carbocycles. The minimum absolute atomic E-state index is 0.234. The first-order valence-electron chi connectivity index (χ1n) is 6.51. The predicted octanol–water partition coefficient (Wildman–Crippen LogP) is 0.869. The lowest BCUT2D eigenvalue weighted by Gasteiger charge is -2.08. The highest BCUT2D eigenvalue weighted by Gasteiger charge is 2.30. The van der Waals surface area contributed by atoms with E-state index >= 15 is 0 Å². The fraction of sp³-hybridized carbons (Fsp3) is 0.429. The fourth-order valence-corrected chi connectivity index (χ4v) is 2.08. The lowest BCUT2D eigenvalue weighted by atomic mass is 10.2. The van der Waals surface area contributed by atoms with Gasteiger partial charge in [-0.05, 0) is 18.2 Å². The van der Waals surface area contributed by atoms with Gasteiger partial charge in [-0.15, -0.1) is 0 Å². The number of aliphatic carboxylic acids is 1. The van der Waals surface area contributed by atoms with Crippen molar-refractivity contribution in [3.63, 3.8) is 0 Å². The van der Waals surface area contributed by atoms with Crippen LogP contribution in [0.3, 0.4) is 0 Å². The molecule has 1 aliphatic heterocycles. The van der Waals surface area contributed by atoms with Gasteiger partial charge < -0.3 is 24.7 Å². The van der Waals surface area contributed by atoms with E-state index in [-0.39, 0.29) is 6.10 Å². The average molecular weight is 294 g/mol. The highest BCUT2D eigenvalue weighted by atomic mass is 16.6. The van der Waals surface area contributed by atoms with E-state index < -0.39 is 12.0 Å². The number of benzene rings is 1. The molecule has 2 N–H and O–H groups in total. The van der Waals surface area contributed by atoms with Crippen molar-refractivity contribution < 1.29 is 24.2 Å². The van der Waals surface area contributed by atoms with Crippen molar-refractivity contribution in [1.29, 1.82) is 0 Å². The second-order valence-electron chi connectivity index (χ2n) is 4.61. The van der Waals surface area contributed by atoms with E-state index in [9.17, 15) is 4.79 Å². The molecule has 0 amide bonds. The van der Waals surface area contributed by atoms with Crippen LogP contribution in [0.2, 0.25) is 0 Å². The Balaban J connectivity index is 1.91. The molecule has 1 saturated heterocycles. The quantitative estimate of drug-likeness (QED) is 0.598. The zero-order valence-electron chi connectivity index (χ0n) is 11.9. The Bertz CT molecular complexity index is 532. The maximum absolute atomic E-state index is 10.8. The van der Waals surface area contributed by atoms with Crippen molar-refractivity contribution in [3.05, 3.63) is 23.8 Å². The van der Waals surface area contributed by atoms with Crippen molar-refractivity contribution in [2.24, 2.45) is 5.16 Å². The summed E-state index contributed by atoms with van der Waals surface area (Å²) in [5, 5.41) is 15.6. The Morgan fingerprint density at radius 2 is 2.14 bits per heavy atom. The molecule has 7 heteroatoms. The molecule has 0 unspecified atom stereocenters. The smallest absolute Gasteiger partial charge is 0.320 e. The van der Waals surface area contributed by atoms with Crippen LogP contribution in [0.15, 0.2) is 23.4 Å². The largest absolute Gasteiger partial charge is 0.493 e. The summed E-state index contributed by atoms with van der Waals surface area (Å²) in [6.45, 7) is 0.472. The van der Waals surface area contributed by atoms with Crippen LogP contribution in [0.4, 0.5) is 0 Å². The maximum atomic E-state index is 10.8. The van der Waals surface area contributed by atoms with E-state index in [1.54, 1.807) is 32.6 Å². The second-order valence-corrected chi connectivity index (χ2v) is 4.61. The molecule has 0 spiro atoms. The van der Waals surface area contributed by atoms with Crippen molar-refractivity contribution in [2.75, 3.05) is 20.8 Å². The normalized spacial score (nSPS) is 21.4. The lowest BCUT2D eigenvalue weighted by molar-refractivity contribution is -0.139. The zero-order chi connectivity index (χ0) is 15.2. The first-order valence-corrected chi connectivity index (χ1v) is 6.51. The Morgan fingerprint density at radius 3 is 2.76 bits per heavy atom. The van der Waals surface area contributed by atoms with E-state index in [1.165, 1.54) is 0 Å². The molecule has 114 valence electrons. The SMILES string of the molecule is COc1ccc(/C=N/O[C@H]2CN[C@H](C(=O)O)C2)cc1OC. The third-order valence-corrected chi connectivity index (χ3v) is 3.21. The lowest BCUT2D eigenvalue weighted by Crippen LogP contribution is -2.29. The number of hydrogen-bond acceptors (Lipinski definition) is 6. The van der Waals surface area contributed by atoms with E-state index in [1.807, 2.05) is 6.07 Å². The summed E-state index contributed by atoms with van der Waals surface area (Å²) in [4.78, 5) is 16.1. The Hall–Kier alpha value is -2.28. The number of oxime groups is 1. The summed E-state index contributed by atoms with van der Waals surface area (Å²) in [7, 11) is 3.13. The third kappa shape index (κ3) is 3.85. The van der Waals surface area contributed by atoms with Crippen molar-refractivity contribution in [2.45, 2.75) is 18.6 Å². The van der Waals surface area contributed by atoms with Gasteiger partial charge in [0.15, 0.2) is 11.5 Å².